The number of unbranched alkanes of at least 4 members (excludes halogenated alkanes) is 15. The molecule has 0 amide bonds. The van der Waals surface area contributed by atoms with Gasteiger partial charge < -0.3 is 0 Å². The Morgan fingerprint density at radius 3 is 0.747 bits per heavy atom. The standard InChI is InChI=1S/C44H58OP.C24BF20/c1-2-3-4-5-6-7-8-9-10-11-12-13-14-15-16-20-27-39-34-36-40(37-35-39)44(45)38-46(41-28-21-17-22-29-41,42-30-23-18-24-31-42)43-32-25-19-26-33-43;26-5-1(6(27)14(35)21(42)13(5)34)25(2-7(28)15(36)22(43)16(37)8(2)29,3-9(30)17(38)23(44)18(39)10(3)31)4-11(32)19(40)24(45)20(41)12(4)33/h17-19,21-26,28-37H,2-16,20,27,38H2,1H3;/q+1;-1. The van der Waals surface area contributed by atoms with E-state index in [9.17, 15) is 57.5 Å². The van der Waals surface area contributed by atoms with Crippen LogP contribution >= 0.6 is 7.26 Å². The van der Waals surface area contributed by atoms with Crippen molar-refractivity contribution in [1.29, 1.82) is 0 Å². The van der Waals surface area contributed by atoms with E-state index in [4.69, 9.17) is 0 Å². The number of hydrogen-bond donors (Lipinski definition) is 0. The molecule has 0 heterocycles. The first-order valence-corrected chi connectivity index (χ1v) is 31.3. The molecule has 0 aliphatic carbocycles. The van der Waals surface area contributed by atoms with E-state index in [1.54, 1.807) is 0 Å². The molecule has 0 fully saturated rings. The van der Waals surface area contributed by atoms with Crippen LogP contribution in [0.5, 0.6) is 0 Å². The summed E-state index contributed by atoms with van der Waals surface area (Å²) < 4.78 is 294. The Balaban J connectivity index is 0.000000259. The highest BCUT2D eigenvalue weighted by molar-refractivity contribution is 7.96. The third-order valence-electron chi connectivity index (χ3n) is 16.3. The minimum Gasteiger partial charge on any atom is -0.290 e. The number of halogens is 20. The second-order valence-electron chi connectivity index (χ2n) is 21.9. The average molecular weight is 1310 g/mol. The predicted molar refractivity (Wildman–Crippen MR) is 313 cm³/mol. The molecule has 23 heteroatoms. The minimum absolute atomic E-state index is 0.221. The summed E-state index contributed by atoms with van der Waals surface area (Å²) in [7, 11) is -2.18. The number of benzene rings is 8. The van der Waals surface area contributed by atoms with Crippen LogP contribution in [-0.4, -0.2) is 18.1 Å². The second-order valence-corrected chi connectivity index (χ2v) is 25.4. The van der Waals surface area contributed by atoms with E-state index in [-0.39, 0.29) is 5.78 Å². The van der Waals surface area contributed by atoms with Crippen LogP contribution in [0.3, 0.4) is 0 Å². The first kappa shape index (κ1) is 71.0. The van der Waals surface area contributed by atoms with Gasteiger partial charge in [-0.15, -0.1) is 21.9 Å². The van der Waals surface area contributed by atoms with Gasteiger partial charge in [-0.2, -0.15) is 0 Å². The van der Waals surface area contributed by atoms with Crippen molar-refractivity contribution in [2.45, 2.75) is 116 Å². The Labute approximate surface area is 512 Å². The van der Waals surface area contributed by atoms with Crippen LogP contribution in [0.1, 0.15) is 126 Å². The second kappa shape index (κ2) is 31.7. The van der Waals surface area contributed by atoms with Crippen LogP contribution in [0, 0.1) is 116 Å². The Morgan fingerprint density at radius 2 is 0.505 bits per heavy atom. The molecule has 0 N–H and O–H groups in total. The van der Waals surface area contributed by atoms with Crippen LogP contribution in [0.25, 0.3) is 0 Å². The van der Waals surface area contributed by atoms with Crippen LogP contribution in [0.15, 0.2) is 115 Å². The molecule has 0 spiro atoms. The van der Waals surface area contributed by atoms with Gasteiger partial charge in [-0.1, -0.05) is 182 Å². The first-order chi connectivity index (χ1) is 43.4. The van der Waals surface area contributed by atoms with Crippen LogP contribution < -0.4 is 37.8 Å². The normalized spacial score (nSPS) is 11.7. The monoisotopic (exact) mass is 1310 g/mol. The molecule has 0 saturated heterocycles. The van der Waals surface area contributed by atoms with Gasteiger partial charge in [-0.25, -0.2) is 87.8 Å². The van der Waals surface area contributed by atoms with Gasteiger partial charge in [0.1, 0.15) is 82.0 Å². The highest BCUT2D eigenvalue weighted by Gasteiger charge is 2.53. The molecule has 0 saturated carbocycles. The maximum atomic E-state index is 15.4. The minimum atomic E-state index is -7.22. The molecule has 0 radical (unpaired) electrons. The predicted octanol–water partition coefficient (Wildman–Crippen LogP) is 17.5. The molecule has 0 atom stereocenters. The Morgan fingerprint density at radius 1 is 0.286 bits per heavy atom. The molecule has 0 aliphatic heterocycles. The summed E-state index contributed by atoms with van der Waals surface area (Å²) in [5.74, 6) is -71.2. The lowest BCUT2D eigenvalue weighted by Crippen LogP contribution is -2.81. The highest BCUT2D eigenvalue weighted by Crippen LogP contribution is 2.55. The number of ketones is 1. The average Bonchev–Trinajstić information content (AvgIpc) is 0.689. The smallest absolute Gasteiger partial charge is 0.201 e. The molecule has 0 aliphatic rings. The van der Waals surface area contributed by atoms with Crippen LogP contribution in [0.2, 0.25) is 0 Å². The number of aryl methyl sites for hydroxylation is 1. The molecule has 8 aromatic carbocycles. The fraction of sp³-hybridized carbons (Fsp3) is 0.279. The molecule has 8 rings (SSSR count). The van der Waals surface area contributed by atoms with Gasteiger partial charge >= 0.3 is 0 Å². The van der Waals surface area contributed by atoms with Gasteiger partial charge in [0.05, 0.1) is 0 Å². The van der Waals surface area contributed by atoms with Gasteiger partial charge in [0.2, 0.25) is 5.78 Å². The number of carbonyl (C=O) groups excluding carboxylic acids is 1. The van der Waals surface area contributed by atoms with E-state index in [0.29, 0.717) is 6.16 Å². The van der Waals surface area contributed by atoms with E-state index in [1.807, 2.05) is 0 Å². The molecular formula is C68H58BF20OP. The van der Waals surface area contributed by atoms with E-state index in [1.165, 1.54) is 124 Å². The van der Waals surface area contributed by atoms with Crippen molar-refractivity contribution in [2.24, 2.45) is 0 Å². The summed E-state index contributed by atoms with van der Waals surface area (Å²) in [5.41, 5.74) is -12.2. The van der Waals surface area contributed by atoms with Gasteiger partial charge in [-0.3, -0.25) is 4.79 Å². The molecule has 0 aromatic heterocycles. The largest absolute Gasteiger partial charge is 0.290 e. The fourth-order valence-corrected chi connectivity index (χ4v) is 15.8. The Bertz CT molecular complexity index is 3340. The quantitative estimate of drug-likeness (QED) is 0.00954. The van der Waals surface area contributed by atoms with Gasteiger partial charge in [-0.05, 0) is 54.8 Å². The SMILES string of the molecule is CCCCCCCCCCCCCCCCCCc1ccc(C(=O)C[P+](c2ccccc2)(c2ccccc2)c2ccccc2)cc1.Fc1c(F)c(F)c([B-](c2c(F)c(F)c(F)c(F)c2F)(c2c(F)c(F)c(F)c(F)c2F)c2c(F)c(F)c(F)c(F)c2F)c(F)c1F. The summed E-state index contributed by atoms with van der Waals surface area (Å²) in [6.45, 7) is 2.29. The summed E-state index contributed by atoms with van der Waals surface area (Å²) in [6.07, 6.45) is 16.7. The van der Waals surface area contributed by atoms with E-state index >= 15 is 35.1 Å². The van der Waals surface area contributed by atoms with Gasteiger partial charge in [0.15, 0.2) is 69.8 Å². The summed E-state index contributed by atoms with van der Waals surface area (Å²) in [6, 6.07) is 40.6. The molecule has 0 unspecified atom stereocenters. The topological polar surface area (TPSA) is 17.1 Å². The number of hydrogen-bond acceptors (Lipinski definition) is 1. The van der Waals surface area contributed by atoms with Crippen molar-refractivity contribution in [1.82, 2.24) is 0 Å². The van der Waals surface area contributed by atoms with Crippen molar-refractivity contribution in [3.05, 3.63) is 243 Å². The number of carbonyl (C=O) groups is 1. The van der Waals surface area contributed by atoms with Crippen LogP contribution in [0.4, 0.5) is 87.8 Å². The first-order valence-electron chi connectivity index (χ1n) is 29.3. The molecular weight excluding hydrogens is 1250 g/mol. The number of Topliss-reactive ketones (excluding diaryl/α,β-unsaturated/α-hetero) is 1. The summed E-state index contributed by atoms with van der Waals surface area (Å²) in [4.78, 5) is 14.0. The van der Waals surface area contributed by atoms with Crippen molar-refractivity contribution >= 4 is 57.0 Å². The van der Waals surface area contributed by atoms with Crippen molar-refractivity contribution in [3.8, 4) is 0 Å². The summed E-state index contributed by atoms with van der Waals surface area (Å²) >= 11 is 0. The highest BCUT2D eigenvalue weighted by atomic mass is 31.2. The molecule has 484 valence electrons. The molecule has 1 nitrogen and oxygen atoms in total. The van der Waals surface area contributed by atoms with Crippen molar-refractivity contribution in [2.75, 3.05) is 6.16 Å². The fourth-order valence-electron chi connectivity index (χ4n) is 11.7. The van der Waals surface area contributed by atoms with E-state index < -0.39 is 152 Å². The van der Waals surface area contributed by atoms with E-state index in [0.717, 1.165) is 12.0 Å². The zero-order valence-corrected chi connectivity index (χ0v) is 49.6. The zero-order chi connectivity index (χ0) is 66.5. The van der Waals surface area contributed by atoms with Gasteiger partial charge in [0.25, 0.3) is 0 Å². The Kier molecular flexibility index (Phi) is 24.7. The van der Waals surface area contributed by atoms with Crippen LogP contribution in [-0.2, 0) is 6.42 Å². The zero-order valence-electron chi connectivity index (χ0n) is 48.7. The summed E-state index contributed by atoms with van der Waals surface area (Å²) in [5, 5.41) is 3.75. The Hall–Kier alpha value is -7.48. The lowest BCUT2D eigenvalue weighted by atomic mass is 9.12. The third kappa shape index (κ3) is 14.6. The number of rotatable bonds is 27. The van der Waals surface area contributed by atoms with Gasteiger partial charge in [0, 0.05) is 5.56 Å². The lowest BCUT2D eigenvalue weighted by molar-refractivity contribution is 0.102. The molecule has 8 aromatic rings. The maximum Gasteiger partial charge on any atom is 0.201 e. The lowest BCUT2D eigenvalue weighted by Gasteiger charge is -2.44. The molecule has 0 bridgehead atoms. The maximum absolute atomic E-state index is 15.4. The molecule has 91 heavy (non-hydrogen) atoms. The van der Waals surface area contributed by atoms with Crippen molar-refractivity contribution < 1.29 is 92.6 Å². The van der Waals surface area contributed by atoms with E-state index in [2.05, 4.69) is 122 Å². The third-order valence-corrected chi connectivity index (χ3v) is 20.6. The van der Waals surface area contributed by atoms with Crippen molar-refractivity contribution in [3.63, 3.8) is 0 Å².